The molecule has 0 unspecified atom stereocenters. The first-order chi connectivity index (χ1) is 14.1. The fourth-order valence-corrected chi connectivity index (χ4v) is 4.66. The Morgan fingerprint density at radius 1 is 1.27 bits per heavy atom. The highest BCUT2D eigenvalue weighted by atomic mass is 35.5. The summed E-state index contributed by atoms with van der Waals surface area (Å²) in [6.45, 7) is 1.70. The zero-order valence-corrected chi connectivity index (χ0v) is 18.6. The summed E-state index contributed by atoms with van der Waals surface area (Å²) in [5, 5.41) is 2.53. The summed E-state index contributed by atoms with van der Waals surface area (Å²) in [6.07, 6.45) is 0. The Bertz CT molecular complexity index is 1220. The van der Waals surface area contributed by atoms with Crippen molar-refractivity contribution < 1.29 is 22.3 Å². The largest absolute Gasteiger partial charge is 0.464 e. The van der Waals surface area contributed by atoms with E-state index < -0.39 is 37.6 Å². The van der Waals surface area contributed by atoms with Gasteiger partial charge in [-0.3, -0.25) is 4.79 Å². The van der Waals surface area contributed by atoms with Gasteiger partial charge in [-0.1, -0.05) is 52.5 Å². The summed E-state index contributed by atoms with van der Waals surface area (Å²) in [5.74, 6) is -2.26. The molecule has 0 aliphatic rings. The number of benzene rings is 1. The van der Waals surface area contributed by atoms with Crippen LogP contribution in [0.3, 0.4) is 0 Å². The smallest absolute Gasteiger partial charge is 0.322 e. The Balaban J connectivity index is 2.26. The summed E-state index contributed by atoms with van der Waals surface area (Å²) in [6, 6.07) is 4.53. The van der Waals surface area contributed by atoms with Crippen LogP contribution < -0.4 is 9.04 Å². The number of aromatic nitrogens is 4. The third-order valence-corrected chi connectivity index (χ3v) is 5.98. The molecule has 3 aromatic rings. The molecule has 0 N–H and O–H groups in total. The number of alkyl halides is 2. The molecule has 0 bridgehead atoms. The highest BCUT2D eigenvalue weighted by molar-refractivity contribution is 7.93. The van der Waals surface area contributed by atoms with Gasteiger partial charge in [0.25, 0.3) is 11.1 Å². The molecule has 2 heterocycles. The second-order valence-electron chi connectivity index (χ2n) is 5.44. The van der Waals surface area contributed by atoms with E-state index >= 15 is 0 Å². The van der Waals surface area contributed by atoms with Gasteiger partial charge in [-0.25, -0.2) is 0 Å². The van der Waals surface area contributed by atoms with Crippen molar-refractivity contribution in [3.8, 4) is 6.01 Å². The van der Waals surface area contributed by atoms with Crippen LogP contribution >= 0.6 is 46.4 Å². The lowest BCUT2D eigenvalue weighted by Gasteiger charge is -2.23. The first-order valence-electron chi connectivity index (χ1n) is 7.95. The van der Waals surface area contributed by atoms with E-state index in [1.807, 2.05) is 0 Å². The van der Waals surface area contributed by atoms with Gasteiger partial charge in [0.2, 0.25) is 5.95 Å². The van der Waals surface area contributed by atoms with Crippen LogP contribution in [0.15, 0.2) is 29.4 Å². The first kappa shape index (κ1) is 22.8. The summed E-state index contributed by atoms with van der Waals surface area (Å²) < 4.78 is 46.5. The van der Waals surface area contributed by atoms with Crippen LogP contribution in [0.1, 0.15) is 6.92 Å². The molecule has 0 saturated carbocycles. The van der Waals surface area contributed by atoms with Crippen molar-refractivity contribution in [3.63, 3.8) is 0 Å². The highest BCUT2D eigenvalue weighted by Gasteiger charge is 2.39. The van der Waals surface area contributed by atoms with Crippen molar-refractivity contribution in [2.75, 3.05) is 10.9 Å². The molecular formula is C15H10Cl4FN5O4S. The van der Waals surface area contributed by atoms with Crippen LogP contribution in [-0.2, 0) is 14.8 Å². The van der Waals surface area contributed by atoms with Crippen LogP contribution in [0, 0.1) is 5.95 Å². The van der Waals surface area contributed by atoms with Gasteiger partial charge in [0.1, 0.15) is 0 Å². The maximum Gasteiger partial charge on any atom is 0.322 e. The van der Waals surface area contributed by atoms with Gasteiger partial charge in [0.15, 0.2) is 10.5 Å². The van der Waals surface area contributed by atoms with Crippen LogP contribution in [0.2, 0.25) is 10.0 Å². The monoisotopic (exact) mass is 515 g/mol. The number of fused-ring (bicyclic) bond motifs is 1. The lowest BCUT2D eigenvalue weighted by Crippen LogP contribution is -2.41. The summed E-state index contributed by atoms with van der Waals surface area (Å²) >= 11 is 23.4. The van der Waals surface area contributed by atoms with Gasteiger partial charge >= 0.3 is 16.0 Å². The van der Waals surface area contributed by atoms with E-state index in [0.717, 1.165) is 10.6 Å². The van der Waals surface area contributed by atoms with Crippen molar-refractivity contribution in [1.29, 1.82) is 0 Å². The minimum absolute atomic E-state index is 0.0908. The molecular weight excluding hydrogens is 507 g/mol. The molecule has 2 aromatic heterocycles. The van der Waals surface area contributed by atoms with Gasteiger partial charge in [-0.2, -0.15) is 31.6 Å². The van der Waals surface area contributed by atoms with Crippen molar-refractivity contribution >= 4 is 73.7 Å². The first-order valence-corrected chi connectivity index (χ1v) is 11.0. The summed E-state index contributed by atoms with van der Waals surface area (Å²) in [7, 11) is -4.85. The highest BCUT2D eigenvalue weighted by Crippen LogP contribution is 2.37. The van der Waals surface area contributed by atoms with Crippen LogP contribution in [0.4, 0.5) is 10.1 Å². The topological polar surface area (TPSA) is 107 Å². The van der Waals surface area contributed by atoms with Gasteiger partial charge in [-0.15, -0.1) is 5.10 Å². The molecule has 0 saturated heterocycles. The van der Waals surface area contributed by atoms with E-state index in [1.54, 1.807) is 6.92 Å². The third kappa shape index (κ3) is 4.12. The molecule has 0 aliphatic carbocycles. The second kappa shape index (κ2) is 8.67. The fourth-order valence-electron chi connectivity index (χ4n) is 2.35. The minimum Gasteiger partial charge on any atom is -0.464 e. The number of hydrogen-bond acceptors (Lipinski definition) is 7. The van der Waals surface area contributed by atoms with Gasteiger partial charge in [-0.05, 0) is 19.1 Å². The number of amides is 1. The second-order valence-corrected chi connectivity index (χ2v) is 9.03. The number of ether oxygens (including phenoxy) is 1. The Kier molecular flexibility index (Phi) is 6.58. The molecule has 3 rings (SSSR count). The Hall–Kier alpha value is -1.92. The molecule has 0 radical (unpaired) electrons. The number of halogens is 5. The lowest BCUT2D eigenvalue weighted by atomic mass is 10.3. The fraction of sp³-hybridized carbons (Fsp3) is 0.200. The Morgan fingerprint density at radius 3 is 2.47 bits per heavy atom. The van der Waals surface area contributed by atoms with Crippen LogP contribution in [0.5, 0.6) is 6.01 Å². The Morgan fingerprint density at radius 2 is 1.90 bits per heavy atom. The molecule has 0 aliphatic heterocycles. The van der Waals surface area contributed by atoms with Crippen molar-refractivity contribution in [2.45, 2.75) is 16.9 Å². The Labute approximate surface area is 189 Å². The molecule has 30 heavy (non-hydrogen) atoms. The van der Waals surface area contributed by atoms with Crippen LogP contribution in [-0.4, -0.2) is 45.4 Å². The average molecular weight is 517 g/mol. The van der Waals surface area contributed by atoms with E-state index in [-0.39, 0.29) is 32.6 Å². The molecule has 1 aromatic carbocycles. The third-order valence-electron chi connectivity index (χ3n) is 3.52. The van der Waals surface area contributed by atoms with E-state index in [4.69, 9.17) is 51.1 Å². The maximum atomic E-state index is 13.7. The number of nitrogens with zero attached hydrogens (tertiary/aromatic N) is 5. The number of sulfonamides is 1. The maximum absolute atomic E-state index is 13.7. The molecule has 160 valence electrons. The van der Waals surface area contributed by atoms with E-state index in [2.05, 4.69) is 15.1 Å². The standard InChI is InChI=1S/C15H10Cl4FN5O4S/c1-2-29-15-21-9(20)6-10-22-14(23-24(10)15)30(27,28)25(13(26)12(18)19)11-7(16)4-3-5-8(11)17/h3-6,12H,2H2,1H3. The number of hydrogen-bond donors (Lipinski definition) is 0. The van der Waals surface area contributed by atoms with E-state index in [0.29, 0.717) is 0 Å². The molecule has 15 heteroatoms. The van der Waals surface area contributed by atoms with E-state index in [1.165, 1.54) is 18.2 Å². The zero-order chi connectivity index (χ0) is 22.2. The molecule has 0 atom stereocenters. The van der Waals surface area contributed by atoms with E-state index in [9.17, 15) is 17.6 Å². The predicted molar refractivity (Wildman–Crippen MR) is 109 cm³/mol. The lowest BCUT2D eigenvalue weighted by molar-refractivity contribution is -0.115. The SMILES string of the molecule is CCOc1nc(F)cc2nc(S(=O)(=O)N(C(=O)C(Cl)Cl)c3c(Cl)cccc3Cl)nn12. The molecule has 0 spiro atoms. The van der Waals surface area contributed by atoms with Gasteiger partial charge in [0, 0.05) is 6.07 Å². The van der Waals surface area contributed by atoms with Gasteiger partial charge in [0.05, 0.1) is 22.3 Å². The normalized spacial score (nSPS) is 11.8. The number of para-hydroxylation sites is 1. The average Bonchev–Trinajstić information content (AvgIpc) is 3.09. The quantitative estimate of drug-likeness (QED) is 0.364. The van der Waals surface area contributed by atoms with Crippen molar-refractivity contribution in [2.24, 2.45) is 0 Å². The summed E-state index contributed by atoms with van der Waals surface area (Å²) in [4.78, 5) is 18.1. The summed E-state index contributed by atoms with van der Waals surface area (Å²) in [5.41, 5.74) is -0.638. The van der Waals surface area contributed by atoms with Crippen molar-refractivity contribution in [1.82, 2.24) is 19.6 Å². The number of rotatable bonds is 6. The zero-order valence-electron chi connectivity index (χ0n) is 14.8. The minimum atomic E-state index is -4.85. The van der Waals surface area contributed by atoms with Gasteiger partial charge < -0.3 is 4.74 Å². The molecule has 0 fully saturated rings. The number of carbonyl (C=O) groups excluding carboxylic acids is 1. The van der Waals surface area contributed by atoms with Crippen molar-refractivity contribution in [3.05, 3.63) is 40.3 Å². The number of carbonyl (C=O) groups is 1. The molecule has 1 amide bonds. The predicted octanol–water partition coefficient (Wildman–Crippen LogP) is 3.49. The number of anilines is 1. The van der Waals surface area contributed by atoms with Crippen LogP contribution in [0.25, 0.3) is 5.65 Å². The molecule has 9 nitrogen and oxygen atoms in total.